The highest BCUT2D eigenvalue weighted by Crippen LogP contribution is 2.04. The number of carbonyl (C=O) groups excluding carboxylic acids is 1. The van der Waals surface area contributed by atoms with E-state index in [4.69, 9.17) is 12.2 Å². The molecule has 0 unspecified atom stereocenters. The summed E-state index contributed by atoms with van der Waals surface area (Å²) in [5, 5.41) is 6.33. The molecule has 0 fully saturated rings. The molecule has 4 nitrogen and oxygen atoms in total. The van der Waals surface area contributed by atoms with Gasteiger partial charge in [-0.05, 0) is 31.3 Å². The third-order valence-corrected chi connectivity index (χ3v) is 2.58. The first-order chi connectivity index (χ1) is 8.13. The van der Waals surface area contributed by atoms with Crippen molar-refractivity contribution in [3.8, 4) is 0 Å². The quantitative estimate of drug-likeness (QED) is 0.795. The van der Waals surface area contributed by atoms with Gasteiger partial charge in [-0.15, -0.1) is 0 Å². The number of thiocarbonyl (C=S) groups is 1. The van der Waals surface area contributed by atoms with Crippen LogP contribution in [0.25, 0.3) is 0 Å². The molecule has 17 heavy (non-hydrogen) atoms. The Bertz CT molecular complexity index is 381. The number of carbonyl (C=O) groups is 1. The average molecular weight is 251 g/mol. The largest absolute Gasteiger partial charge is 0.353 e. The molecule has 0 aliphatic carbocycles. The van der Waals surface area contributed by atoms with Gasteiger partial charge in [0, 0.05) is 19.3 Å². The standard InChI is InChI=1S/C12H17N3OS/c1-3-15(2)11(16)9-13-12(17)14-10-7-5-4-6-8-10/h4-8H,3,9H2,1-2H3,(H2,13,14,17). The van der Waals surface area contributed by atoms with Crippen LogP contribution in [0.2, 0.25) is 0 Å². The number of benzene rings is 1. The van der Waals surface area contributed by atoms with Crippen molar-refractivity contribution in [2.45, 2.75) is 6.92 Å². The minimum Gasteiger partial charge on any atom is -0.353 e. The normalized spacial score (nSPS) is 9.53. The van der Waals surface area contributed by atoms with E-state index in [1.165, 1.54) is 0 Å². The minimum atomic E-state index is 0.0183. The lowest BCUT2D eigenvalue weighted by atomic mass is 10.3. The van der Waals surface area contributed by atoms with E-state index in [1.807, 2.05) is 37.3 Å². The number of nitrogens with one attached hydrogen (secondary N) is 2. The van der Waals surface area contributed by atoms with Gasteiger partial charge in [0.1, 0.15) is 0 Å². The van der Waals surface area contributed by atoms with Gasteiger partial charge in [-0.1, -0.05) is 18.2 Å². The molecule has 5 heteroatoms. The molecular formula is C12H17N3OS. The molecule has 0 aromatic heterocycles. The zero-order valence-electron chi connectivity index (χ0n) is 10.1. The third-order valence-electron chi connectivity index (χ3n) is 2.33. The number of hydrogen-bond donors (Lipinski definition) is 2. The molecule has 0 saturated carbocycles. The van der Waals surface area contributed by atoms with E-state index in [0.717, 1.165) is 5.69 Å². The molecule has 1 aromatic carbocycles. The monoisotopic (exact) mass is 251 g/mol. The number of hydrogen-bond acceptors (Lipinski definition) is 2. The Morgan fingerprint density at radius 3 is 2.59 bits per heavy atom. The van der Waals surface area contributed by atoms with Crippen LogP contribution in [-0.4, -0.2) is 36.1 Å². The lowest BCUT2D eigenvalue weighted by Crippen LogP contribution is -2.39. The molecule has 92 valence electrons. The lowest BCUT2D eigenvalue weighted by molar-refractivity contribution is -0.128. The van der Waals surface area contributed by atoms with Crippen LogP contribution in [0, 0.1) is 0 Å². The Kier molecular flexibility index (Phi) is 5.42. The van der Waals surface area contributed by atoms with E-state index in [9.17, 15) is 4.79 Å². The Balaban J connectivity index is 2.34. The third kappa shape index (κ3) is 4.82. The van der Waals surface area contributed by atoms with Crippen LogP contribution in [0.4, 0.5) is 5.69 Å². The molecule has 0 heterocycles. The van der Waals surface area contributed by atoms with Gasteiger partial charge < -0.3 is 15.5 Å². The van der Waals surface area contributed by atoms with Crippen molar-refractivity contribution in [1.29, 1.82) is 0 Å². The second kappa shape index (κ2) is 6.85. The maximum absolute atomic E-state index is 11.5. The van der Waals surface area contributed by atoms with Gasteiger partial charge in [0.15, 0.2) is 5.11 Å². The Morgan fingerprint density at radius 1 is 1.35 bits per heavy atom. The van der Waals surface area contributed by atoms with E-state index in [-0.39, 0.29) is 12.5 Å². The zero-order valence-corrected chi connectivity index (χ0v) is 10.9. The number of para-hydroxylation sites is 1. The number of rotatable bonds is 4. The molecule has 0 aliphatic rings. The number of amides is 1. The van der Waals surface area contributed by atoms with E-state index >= 15 is 0 Å². The van der Waals surface area contributed by atoms with Gasteiger partial charge in [0.25, 0.3) is 0 Å². The maximum atomic E-state index is 11.5. The van der Waals surface area contributed by atoms with Crippen molar-refractivity contribution in [3.05, 3.63) is 30.3 Å². The van der Waals surface area contributed by atoms with Gasteiger partial charge in [0.2, 0.25) is 5.91 Å². The molecule has 0 saturated heterocycles. The topological polar surface area (TPSA) is 44.4 Å². The Hall–Kier alpha value is -1.62. The lowest BCUT2D eigenvalue weighted by Gasteiger charge is -2.16. The van der Waals surface area contributed by atoms with E-state index < -0.39 is 0 Å². The van der Waals surface area contributed by atoms with Gasteiger partial charge in [0.05, 0.1) is 6.54 Å². The summed E-state index contributed by atoms with van der Waals surface area (Å²) in [6.07, 6.45) is 0. The summed E-state index contributed by atoms with van der Waals surface area (Å²) in [7, 11) is 1.76. The van der Waals surface area contributed by atoms with Crippen LogP contribution in [0.15, 0.2) is 30.3 Å². The van der Waals surface area contributed by atoms with Crippen molar-refractivity contribution in [1.82, 2.24) is 10.2 Å². The first-order valence-electron chi connectivity index (χ1n) is 5.47. The summed E-state index contributed by atoms with van der Waals surface area (Å²) in [5.74, 6) is 0.0183. The SMILES string of the molecule is CCN(C)C(=O)CNC(=S)Nc1ccccc1. The van der Waals surface area contributed by atoms with Crippen molar-refractivity contribution in [3.63, 3.8) is 0 Å². The predicted molar refractivity (Wildman–Crippen MR) is 74.0 cm³/mol. The maximum Gasteiger partial charge on any atom is 0.241 e. The first-order valence-corrected chi connectivity index (χ1v) is 5.88. The van der Waals surface area contributed by atoms with Crippen LogP contribution in [0.1, 0.15) is 6.92 Å². The van der Waals surface area contributed by atoms with Gasteiger partial charge in [-0.25, -0.2) is 0 Å². The summed E-state index contributed by atoms with van der Waals surface area (Å²) in [5.41, 5.74) is 0.904. The predicted octanol–water partition coefficient (Wildman–Crippen LogP) is 1.45. The molecule has 0 bridgehead atoms. The fraction of sp³-hybridized carbons (Fsp3) is 0.333. The van der Waals surface area contributed by atoms with Gasteiger partial charge >= 0.3 is 0 Å². The Labute approximate surface area is 107 Å². The van der Waals surface area contributed by atoms with E-state index in [1.54, 1.807) is 11.9 Å². The summed E-state index contributed by atoms with van der Waals surface area (Å²) in [6.45, 7) is 2.83. The number of nitrogens with zero attached hydrogens (tertiary/aromatic N) is 1. The van der Waals surface area contributed by atoms with Crippen molar-refractivity contribution < 1.29 is 4.79 Å². The summed E-state index contributed by atoms with van der Waals surface area (Å²) in [6, 6.07) is 9.59. The van der Waals surface area contributed by atoms with Crippen LogP contribution >= 0.6 is 12.2 Å². The summed E-state index contributed by atoms with van der Waals surface area (Å²) in [4.78, 5) is 13.1. The molecule has 2 N–H and O–H groups in total. The Morgan fingerprint density at radius 2 is 2.00 bits per heavy atom. The second-order valence-electron chi connectivity index (χ2n) is 3.58. The molecule has 1 amide bonds. The van der Waals surface area contributed by atoms with E-state index in [2.05, 4.69) is 10.6 Å². The fourth-order valence-corrected chi connectivity index (χ4v) is 1.35. The highest BCUT2D eigenvalue weighted by Gasteiger charge is 2.06. The van der Waals surface area contributed by atoms with E-state index in [0.29, 0.717) is 11.7 Å². The number of likely N-dealkylation sites (N-methyl/N-ethyl adjacent to an activating group) is 1. The fourth-order valence-electron chi connectivity index (χ4n) is 1.16. The average Bonchev–Trinajstić information content (AvgIpc) is 2.36. The summed E-state index contributed by atoms with van der Waals surface area (Å²) < 4.78 is 0. The van der Waals surface area contributed by atoms with Gasteiger partial charge in [-0.2, -0.15) is 0 Å². The molecule has 0 atom stereocenters. The molecule has 1 aromatic rings. The molecule has 0 radical (unpaired) electrons. The molecule has 0 aliphatic heterocycles. The molecule has 0 spiro atoms. The minimum absolute atomic E-state index is 0.0183. The summed E-state index contributed by atoms with van der Waals surface area (Å²) >= 11 is 5.08. The molecule has 1 rings (SSSR count). The smallest absolute Gasteiger partial charge is 0.241 e. The molecular weight excluding hydrogens is 234 g/mol. The first kappa shape index (κ1) is 13.4. The van der Waals surface area contributed by atoms with Crippen molar-refractivity contribution in [2.24, 2.45) is 0 Å². The van der Waals surface area contributed by atoms with Crippen LogP contribution in [-0.2, 0) is 4.79 Å². The highest BCUT2D eigenvalue weighted by molar-refractivity contribution is 7.80. The number of anilines is 1. The van der Waals surface area contributed by atoms with Crippen molar-refractivity contribution >= 4 is 28.9 Å². The zero-order chi connectivity index (χ0) is 12.7. The second-order valence-corrected chi connectivity index (χ2v) is 3.99. The van der Waals surface area contributed by atoms with Gasteiger partial charge in [-0.3, -0.25) is 4.79 Å². The van der Waals surface area contributed by atoms with Crippen LogP contribution < -0.4 is 10.6 Å². The highest BCUT2D eigenvalue weighted by atomic mass is 32.1. The van der Waals surface area contributed by atoms with Crippen LogP contribution in [0.3, 0.4) is 0 Å². The van der Waals surface area contributed by atoms with Crippen molar-refractivity contribution in [2.75, 3.05) is 25.5 Å². The van der Waals surface area contributed by atoms with Crippen LogP contribution in [0.5, 0.6) is 0 Å².